The maximum Gasteiger partial charge on any atom is 0.268 e. The molecule has 1 aromatic heterocycles. The Balaban J connectivity index is 0.00000308. The summed E-state index contributed by atoms with van der Waals surface area (Å²) >= 11 is 0. The van der Waals surface area contributed by atoms with Crippen LogP contribution in [0.15, 0.2) is 67.0 Å². The number of benzene rings is 2. The first-order chi connectivity index (χ1) is 19.3. The molecule has 1 amide bonds. The van der Waals surface area contributed by atoms with Crippen LogP contribution in [0, 0.1) is 0 Å². The zero-order chi connectivity index (χ0) is 28.4. The number of carbonyl (C=O) groups is 1. The molecule has 0 radical (unpaired) electrons. The summed E-state index contributed by atoms with van der Waals surface area (Å²) < 4.78 is 32.4. The maximum atomic E-state index is 12.9. The average Bonchev–Trinajstić information content (AvgIpc) is 2.96. The molecule has 1 aliphatic carbocycles. The molecule has 4 rings (SSSR count). The van der Waals surface area contributed by atoms with Gasteiger partial charge in [0.15, 0.2) is 0 Å². The third kappa shape index (κ3) is 10.5. The largest absolute Gasteiger partial charge is 0.490 e. The molecule has 0 saturated heterocycles. The lowest BCUT2D eigenvalue weighted by molar-refractivity contribution is 0.0969. The lowest BCUT2D eigenvalue weighted by atomic mass is 9.97. The van der Waals surface area contributed by atoms with E-state index in [1.807, 2.05) is 35.1 Å². The summed E-state index contributed by atoms with van der Waals surface area (Å²) in [6.07, 6.45) is 8.51. The predicted octanol–water partition coefficient (Wildman–Crippen LogP) is 4.22. The SMILES string of the molecule is Cl.Cl.O=C(NS(=O)(=O)CCO)c1ccc(-c2ccc(CCNC[C@H](O)c3cccnc3)cc2)cc1OC1CCCCC1. The molecule has 12 heteroatoms. The first-order valence-electron chi connectivity index (χ1n) is 13.7. The highest BCUT2D eigenvalue weighted by Crippen LogP contribution is 2.31. The van der Waals surface area contributed by atoms with Crippen molar-refractivity contribution in [2.75, 3.05) is 25.4 Å². The Bertz CT molecular complexity index is 1360. The number of nitrogens with zero attached hydrogens (tertiary/aromatic N) is 1. The number of rotatable bonds is 13. The van der Waals surface area contributed by atoms with E-state index < -0.39 is 34.4 Å². The van der Waals surface area contributed by atoms with Gasteiger partial charge in [0.2, 0.25) is 10.0 Å². The fourth-order valence-corrected chi connectivity index (χ4v) is 5.48. The van der Waals surface area contributed by atoms with Crippen LogP contribution in [0.5, 0.6) is 5.75 Å². The molecule has 4 N–H and O–H groups in total. The molecule has 1 saturated carbocycles. The molecule has 1 aliphatic rings. The van der Waals surface area contributed by atoms with Gasteiger partial charge in [0.25, 0.3) is 5.91 Å². The molecule has 0 aliphatic heterocycles. The molecule has 230 valence electrons. The average molecular weight is 641 g/mol. The number of aliphatic hydroxyl groups is 2. The summed E-state index contributed by atoms with van der Waals surface area (Å²) in [5, 5.41) is 22.5. The number of amides is 1. The number of carbonyl (C=O) groups excluding carboxylic acids is 1. The fraction of sp³-hybridized carbons (Fsp3) is 0.400. The number of nitrogens with one attached hydrogen (secondary N) is 2. The van der Waals surface area contributed by atoms with Gasteiger partial charge in [-0.1, -0.05) is 42.8 Å². The van der Waals surface area contributed by atoms with Crippen LogP contribution in [0.4, 0.5) is 0 Å². The molecule has 1 fully saturated rings. The van der Waals surface area contributed by atoms with Gasteiger partial charge in [-0.3, -0.25) is 9.78 Å². The van der Waals surface area contributed by atoms with Crippen molar-refractivity contribution in [1.29, 1.82) is 0 Å². The molecule has 2 aromatic carbocycles. The molecular formula is C30H39Cl2N3O6S. The van der Waals surface area contributed by atoms with Crippen LogP contribution in [-0.2, 0) is 16.4 Å². The highest BCUT2D eigenvalue weighted by molar-refractivity contribution is 7.90. The van der Waals surface area contributed by atoms with E-state index in [1.54, 1.807) is 36.7 Å². The summed E-state index contributed by atoms with van der Waals surface area (Å²) in [4.78, 5) is 16.9. The van der Waals surface area contributed by atoms with Gasteiger partial charge in [0.1, 0.15) is 5.75 Å². The van der Waals surface area contributed by atoms with E-state index in [1.165, 1.54) is 0 Å². The van der Waals surface area contributed by atoms with Crippen molar-refractivity contribution >= 4 is 40.7 Å². The van der Waals surface area contributed by atoms with Crippen LogP contribution in [-0.4, -0.2) is 61.1 Å². The van der Waals surface area contributed by atoms with Crippen LogP contribution in [0.25, 0.3) is 11.1 Å². The van der Waals surface area contributed by atoms with Gasteiger partial charge in [-0.15, -0.1) is 24.8 Å². The monoisotopic (exact) mass is 639 g/mol. The van der Waals surface area contributed by atoms with E-state index in [2.05, 4.69) is 10.3 Å². The smallest absolute Gasteiger partial charge is 0.268 e. The number of ether oxygens (including phenoxy) is 1. The number of sulfonamides is 1. The van der Waals surface area contributed by atoms with Gasteiger partial charge < -0.3 is 20.3 Å². The molecule has 1 heterocycles. The molecular weight excluding hydrogens is 601 g/mol. The molecule has 0 unspecified atom stereocenters. The van der Waals surface area contributed by atoms with Crippen molar-refractivity contribution in [3.05, 3.63) is 83.7 Å². The number of hydrogen-bond acceptors (Lipinski definition) is 8. The highest BCUT2D eigenvalue weighted by atomic mass is 35.5. The molecule has 9 nitrogen and oxygen atoms in total. The van der Waals surface area contributed by atoms with Crippen molar-refractivity contribution in [3.63, 3.8) is 0 Å². The summed E-state index contributed by atoms with van der Waals surface area (Å²) in [5.41, 5.74) is 3.85. The van der Waals surface area contributed by atoms with Crippen molar-refractivity contribution < 1.29 is 28.2 Å². The van der Waals surface area contributed by atoms with Gasteiger partial charge in [0.05, 0.1) is 30.1 Å². The second-order valence-electron chi connectivity index (χ2n) is 10.0. The normalized spacial score (nSPS) is 14.2. The van der Waals surface area contributed by atoms with Gasteiger partial charge in [-0.05, 0) is 73.5 Å². The van der Waals surface area contributed by atoms with Crippen molar-refractivity contribution in [2.45, 2.75) is 50.7 Å². The minimum atomic E-state index is -3.95. The highest BCUT2D eigenvalue weighted by Gasteiger charge is 2.23. The van der Waals surface area contributed by atoms with Gasteiger partial charge in [-0.2, -0.15) is 0 Å². The minimum Gasteiger partial charge on any atom is -0.490 e. The fourth-order valence-electron chi connectivity index (χ4n) is 4.74. The predicted molar refractivity (Wildman–Crippen MR) is 168 cm³/mol. The van der Waals surface area contributed by atoms with Crippen molar-refractivity contribution in [3.8, 4) is 16.9 Å². The number of hydrogen-bond donors (Lipinski definition) is 4. The zero-order valence-corrected chi connectivity index (χ0v) is 25.7. The summed E-state index contributed by atoms with van der Waals surface area (Å²) in [6, 6.07) is 16.9. The summed E-state index contributed by atoms with van der Waals surface area (Å²) in [7, 11) is -3.95. The van der Waals surface area contributed by atoms with Crippen LogP contribution in [0.2, 0.25) is 0 Å². The quantitative estimate of drug-likeness (QED) is 0.204. The molecule has 0 bridgehead atoms. The third-order valence-corrected chi connectivity index (χ3v) is 8.18. The second-order valence-corrected chi connectivity index (χ2v) is 11.9. The number of pyridine rings is 1. The van der Waals surface area contributed by atoms with E-state index in [0.717, 1.165) is 60.8 Å². The number of aliphatic hydroxyl groups excluding tert-OH is 2. The van der Waals surface area contributed by atoms with E-state index in [0.29, 0.717) is 18.8 Å². The standard InChI is InChI=1S/C30H37N3O6S.2ClH/c34-17-18-40(37,38)33-30(36)27-13-12-24(19-29(27)39-26-6-2-1-3-7-26)23-10-8-22(9-11-23)14-16-32-21-28(35)25-5-4-15-31-20-25;;/h4-5,8-13,15,19-20,26,28,32,34-35H,1-3,6-7,14,16-18,21H2,(H,33,36);2*1H/t28-;;/m0../s1. The summed E-state index contributed by atoms with van der Waals surface area (Å²) in [6.45, 7) is 0.570. The Labute approximate surface area is 260 Å². The zero-order valence-electron chi connectivity index (χ0n) is 23.3. The number of halogens is 2. The van der Waals surface area contributed by atoms with E-state index in [4.69, 9.17) is 9.84 Å². The molecule has 3 aromatic rings. The van der Waals surface area contributed by atoms with Gasteiger partial charge in [0, 0.05) is 24.5 Å². The van der Waals surface area contributed by atoms with E-state index in [9.17, 15) is 18.3 Å². The van der Waals surface area contributed by atoms with Crippen LogP contribution >= 0.6 is 24.8 Å². The van der Waals surface area contributed by atoms with Gasteiger partial charge >= 0.3 is 0 Å². The van der Waals surface area contributed by atoms with E-state index >= 15 is 0 Å². The van der Waals surface area contributed by atoms with Gasteiger partial charge in [-0.25, -0.2) is 13.1 Å². The first kappa shape index (κ1) is 35.5. The molecule has 42 heavy (non-hydrogen) atoms. The number of aromatic nitrogens is 1. The Hall–Kier alpha value is -2.73. The topological polar surface area (TPSA) is 138 Å². The third-order valence-electron chi connectivity index (χ3n) is 6.96. The lowest BCUT2D eigenvalue weighted by Crippen LogP contribution is -2.34. The second kappa shape index (κ2) is 17.4. The molecule has 1 atom stereocenters. The Morgan fingerprint density at radius 1 is 1.02 bits per heavy atom. The van der Waals surface area contributed by atoms with E-state index in [-0.39, 0.29) is 36.5 Å². The van der Waals surface area contributed by atoms with Crippen molar-refractivity contribution in [2.24, 2.45) is 0 Å². The van der Waals surface area contributed by atoms with Crippen LogP contribution < -0.4 is 14.8 Å². The maximum absolute atomic E-state index is 12.9. The van der Waals surface area contributed by atoms with Crippen LogP contribution in [0.1, 0.15) is 59.7 Å². The Morgan fingerprint density at radius 2 is 1.74 bits per heavy atom. The minimum absolute atomic E-state index is 0. The first-order valence-corrected chi connectivity index (χ1v) is 15.3. The van der Waals surface area contributed by atoms with Crippen molar-refractivity contribution in [1.82, 2.24) is 15.0 Å². The Kier molecular flexibility index (Phi) is 14.7. The Morgan fingerprint density at radius 3 is 2.40 bits per heavy atom. The molecule has 0 spiro atoms. The van der Waals surface area contributed by atoms with Crippen LogP contribution in [0.3, 0.4) is 0 Å². The summed E-state index contributed by atoms with van der Waals surface area (Å²) in [5.74, 6) is -0.980. The lowest BCUT2D eigenvalue weighted by Gasteiger charge is -2.24.